The van der Waals surface area contributed by atoms with Crippen molar-refractivity contribution in [3.05, 3.63) is 33.9 Å². The molecule has 1 saturated carbocycles. The van der Waals surface area contributed by atoms with Gasteiger partial charge in [0.25, 0.3) is 0 Å². The van der Waals surface area contributed by atoms with Crippen molar-refractivity contribution in [2.24, 2.45) is 0 Å². The fourth-order valence-electron chi connectivity index (χ4n) is 3.14. The second-order valence-electron chi connectivity index (χ2n) is 5.47. The minimum Gasteiger partial charge on any atom is -0.343 e. The van der Waals surface area contributed by atoms with Crippen LogP contribution in [0.5, 0.6) is 0 Å². The highest BCUT2D eigenvalue weighted by Gasteiger charge is 2.19. The van der Waals surface area contributed by atoms with Crippen LogP contribution in [0.3, 0.4) is 0 Å². The third kappa shape index (κ3) is 2.19. The van der Waals surface area contributed by atoms with Crippen molar-refractivity contribution in [3.8, 4) is 6.07 Å². The predicted octanol–water partition coefficient (Wildman–Crippen LogP) is 5.09. The third-order valence-electron chi connectivity index (χ3n) is 4.22. The standard InChI is InChI=1S/C16H17BrN2/c1-11-7-16-14(8-12(11)9-18)15(17)10-19(16)13-5-3-2-4-6-13/h7-8,10,13H,2-6H2,1H3. The maximum Gasteiger partial charge on any atom is 0.0994 e. The monoisotopic (exact) mass is 316 g/mol. The summed E-state index contributed by atoms with van der Waals surface area (Å²) in [6, 6.07) is 7.06. The van der Waals surface area contributed by atoms with Gasteiger partial charge in [-0.05, 0) is 53.4 Å². The van der Waals surface area contributed by atoms with Gasteiger partial charge in [0.2, 0.25) is 0 Å². The van der Waals surface area contributed by atoms with Crippen LogP contribution in [0.2, 0.25) is 0 Å². The van der Waals surface area contributed by atoms with Crippen molar-refractivity contribution in [1.82, 2.24) is 4.57 Å². The molecule has 1 aromatic carbocycles. The summed E-state index contributed by atoms with van der Waals surface area (Å²) in [7, 11) is 0. The van der Waals surface area contributed by atoms with Crippen LogP contribution in [0.1, 0.15) is 49.3 Å². The molecule has 1 heterocycles. The van der Waals surface area contributed by atoms with Crippen molar-refractivity contribution in [3.63, 3.8) is 0 Å². The average Bonchev–Trinajstić information content (AvgIpc) is 2.75. The van der Waals surface area contributed by atoms with Crippen LogP contribution < -0.4 is 0 Å². The molecule has 2 aromatic rings. The SMILES string of the molecule is Cc1cc2c(cc1C#N)c(Br)cn2C1CCCCC1. The van der Waals surface area contributed by atoms with E-state index in [0.29, 0.717) is 6.04 Å². The van der Waals surface area contributed by atoms with E-state index in [1.165, 1.54) is 37.6 Å². The molecule has 0 atom stereocenters. The van der Waals surface area contributed by atoms with Gasteiger partial charge in [-0.2, -0.15) is 5.26 Å². The van der Waals surface area contributed by atoms with Crippen LogP contribution in [0.4, 0.5) is 0 Å². The number of hydrogen-bond donors (Lipinski definition) is 0. The fraction of sp³-hybridized carbons (Fsp3) is 0.438. The van der Waals surface area contributed by atoms with Gasteiger partial charge in [0.15, 0.2) is 0 Å². The lowest BCUT2D eigenvalue weighted by Gasteiger charge is -2.24. The molecule has 0 amide bonds. The second kappa shape index (κ2) is 5.02. The van der Waals surface area contributed by atoms with Gasteiger partial charge in [0.05, 0.1) is 11.6 Å². The molecule has 3 heteroatoms. The molecule has 3 rings (SSSR count). The zero-order valence-corrected chi connectivity index (χ0v) is 12.7. The molecule has 1 aromatic heterocycles. The van der Waals surface area contributed by atoms with E-state index in [9.17, 15) is 0 Å². The van der Waals surface area contributed by atoms with E-state index in [1.807, 2.05) is 13.0 Å². The number of rotatable bonds is 1. The molecule has 0 N–H and O–H groups in total. The summed E-state index contributed by atoms with van der Waals surface area (Å²) in [4.78, 5) is 0. The fourth-order valence-corrected chi connectivity index (χ4v) is 3.68. The Bertz CT molecular complexity index is 657. The van der Waals surface area contributed by atoms with Crippen LogP contribution >= 0.6 is 15.9 Å². The van der Waals surface area contributed by atoms with Gasteiger partial charge in [0, 0.05) is 27.6 Å². The number of aryl methyl sites for hydroxylation is 1. The number of fused-ring (bicyclic) bond motifs is 1. The molecule has 98 valence electrons. The van der Waals surface area contributed by atoms with E-state index in [1.54, 1.807) is 0 Å². The minimum absolute atomic E-state index is 0.620. The number of benzene rings is 1. The molecule has 1 aliphatic rings. The highest BCUT2D eigenvalue weighted by Crippen LogP contribution is 2.36. The molecule has 2 nitrogen and oxygen atoms in total. The highest BCUT2D eigenvalue weighted by molar-refractivity contribution is 9.10. The van der Waals surface area contributed by atoms with Crippen molar-refractivity contribution in [2.75, 3.05) is 0 Å². The summed E-state index contributed by atoms with van der Waals surface area (Å²) in [5, 5.41) is 10.3. The normalized spacial score (nSPS) is 16.7. The van der Waals surface area contributed by atoms with Crippen molar-refractivity contribution in [2.45, 2.75) is 45.1 Å². The summed E-state index contributed by atoms with van der Waals surface area (Å²) >= 11 is 3.64. The zero-order valence-electron chi connectivity index (χ0n) is 11.1. The molecular formula is C16H17BrN2. The summed E-state index contributed by atoms with van der Waals surface area (Å²) in [6.07, 6.45) is 8.77. The van der Waals surface area contributed by atoms with E-state index >= 15 is 0 Å². The molecule has 0 saturated heterocycles. The first-order valence-corrected chi connectivity index (χ1v) is 7.71. The van der Waals surface area contributed by atoms with Gasteiger partial charge >= 0.3 is 0 Å². The van der Waals surface area contributed by atoms with Gasteiger partial charge in [-0.1, -0.05) is 19.3 Å². The van der Waals surface area contributed by atoms with Gasteiger partial charge in [-0.3, -0.25) is 0 Å². The third-order valence-corrected chi connectivity index (χ3v) is 4.85. The first kappa shape index (κ1) is 12.7. The van der Waals surface area contributed by atoms with E-state index in [4.69, 9.17) is 5.26 Å². The van der Waals surface area contributed by atoms with Gasteiger partial charge < -0.3 is 4.57 Å². The lowest BCUT2D eigenvalue weighted by molar-refractivity contribution is 0.360. The summed E-state index contributed by atoms with van der Waals surface area (Å²) in [5.41, 5.74) is 3.10. The lowest BCUT2D eigenvalue weighted by atomic mass is 9.95. The number of hydrogen-bond acceptors (Lipinski definition) is 1. The van der Waals surface area contributed by atoms with E-state index in [0.717, 1.165) is 21.0 Å². The van der Waals surface area contributed by atoms with Crippen molar-refractivity contribution < 1.29 is 0 Å². The first-order chi connectivity index (χ1) is 9.20. The summed E-state index contributed by atoms with van der Waals surface area (Å²) < 4.78 is 3.51. The van der Waals surface area contributed by atoms with Crippen LogP contribution in [0.25, 0.3) is 10.9 Å². The molecule has 0 bridgehead atoms. The van der Waals surface area contributed by atoms with Crippen LogP contribution in [0.15, 0.2) is 22.8 Å². The Hall–Kier alpha value is -1.27. The van der Waals surface area contributed by atoms with E-state index in [2.05, 4.69) is 38.8 Å². The number of aromatic nitrogens is 1. The number of nitrogens with zero attached hydrogens (tertiary/aromatic N) is 2. The Balaban J connectivity index is 2.16. The Morgan fingerprint density at radius 2 is 2.00 bits per heavy atom. The predicted molar refractivity (Wildman–Crippen MR) is 81.2 cm³/mol. The summed E-state index contributed by atoms with van der Waals surface area (Å²) in [5.74, 6) is 0. The van der Waals surface area contributed by atoms with Crippen molar-refractivity contribution >= 4 is 26.8 Å². The molecular weight excluding hydrogens is 300 g/mol. The Kier molecular flexibility index (Phi) is 3.36. The van der Waals surface area contributed by atoms with Crippen LogP contribution in [-0.4, -0.2) is 4.57 Å². The molecule has 19 heavy (non-hydrogen) atoms. The minimum atomic E-state index is 0.620. The Labute approximate surface area is 122 Å². The Morgan fingerprint density at radius 1 is 1.26 bits per heavy atom. The average molecular weight is 317 g/mol. The molecule has 1 fully saturated rings. The number of halogens is 1. The molecule has 0 aliphatic heterocycles. The first-order valence-electron chi connectivity index (χ1n) is 6.91. The molecule has 1 aliphatic carbocycles. The smallest absolute Gasteiger partial charge is 0.0994 e. The molecule has 0 spiro atoms. The number of nitriles is 1. The highest BCUT2D eigenvalue weighted by atomic mass is 79.9. The quantitative estimate of drug-likeness (QED) is 0.720. The van der Waals surface area contributed by atoms with Crippen LogP contribution in [0, 0.1) is 18.3 Å². The maximum absolute atomic E-state index is 9.15. The lowest BCUT2D eigenvalue weighted by Crippen LogP contribution is -2.11. The topological polar surface area (TPSA) is 28.7 Å². The van der Waals surface area contributed by atoms with Gasteiger partial charge in [-0.25, -0.2) is 0 Å². The molecule has 0 unspecified atom stereocenters. The summed E-state index contributed by atoms with van der Waals surface area (Å²) in [6.45, 7) is 2.02. The largest absolute Gasteiger partial charge is 0.343 e. The zero-order chi connectivity index (χ0) is 13.4. The van der Waals surface area contributed by atoms with Crippen LogP contribution in [-0.2, 0) is 0 Å². The second-order valence-corrected chi connectivity index (χ2v) is 6.33. The molecule has 0 radical (unpaired) electrons. The van der Waals surface area contributed by atoms with E-state index in [-0.39, 0.29) is 0 Å². The van der Waals surface area contributed by atoms with Gasteiger partial charge in [-0.15, -0.1) is 0 Å². The Morgan fingerprint density at radius 3 is 2.68 bits per heavy atom. The van der Waals surface area contributed by atoms with E-state index < -0.39 is 0 Å². The van der Waals surface area contributed by atoms with Crippen molar-refractivity contribution in [1.29, 1.82) is 5.26 Å². The maximum atomic E-state index is 9.15. The van der Waals surface area contributed by atoms with Gasteiger partial charge in [0.1, 0.15) is 0 Å².